The molecule has 0 bridgehead atoms. The first-order valence-electron chi connectivity index (χ1n) is 7.37. The van der Waals surface area contributed by atoms with E-state index in [1.807, 2.05) is 26.8 Å². The molecule has 0 unspecified atom stereocenters. The topological polar surface area (TPSA) is 47.0 Å². The number of nitrogens with zero attached hydrogens (tertiary/aromatic N) is 2. The second-order valence-electron chi connectivity index (χ2n) is 5.48. The zero-order valence-electron chi connectivity index (χ0n) is 13.4. The molecule has 1 heterocycles. The van der Waals surface area contributed by atoms with E-state index < -0.39 is 0 Å². The number of rotatable bonds is 5. The van der Waals surface area contributed by atoms with Crippen LogP contribution in [0.25, 0.3) is 0 Å². The molecule has 21 heavy (non-hydrogen) atoms. The van der Waals surface area contributed by atoms with E-state index in [1.165, 1.54) is 5.56 Å². The van der Waals surface area contributed by atoms with Gasteiger partial charge >= 0.3 is 0 Å². The number of aromatic nitrogens is 2. The predicted molar refractivity (Wildman–Crippen MR) is 86.3 cm³/mol. The highest BCUT2D eigenvalue weighted by Crippen LogP contribution is 2.28. The van der Waals surface area contributed by atoms with Gasteiger partial charge in [0.05, 0.1) is 0 Å². The molecule has 0 atom stereocenters. The van der Waals surface area contributed by atoms with Gasteiger partial charge in [-0.3, -0.25) is 0 Å². The molecule has 1 N–H and O–H groups in total. The van der Waals surface area contributed by atoms with Crippen LogP contribution in [0.3, 0.4) is 0 Å². The van der Waals surface area contributed by atoms with Gasteiger partial charge in [0.15, 0.2) is 0 Å². The molecule has 112 valence electrons. The Morgan fingerprint density at radius 3 is 2.57 bits per heavy atom. The van der Waals surface area contributed by atoms with Crippen LogP contribution < -0.4 is 10.1 Å². The van der Waals surface area contributed by atoms with Crippen LogP contribution in [0.1, 0.15) is 43.5 Å². The molecule has 0 spiro atoms. The van der Waals surface area contributed by atoms with Crippen molar-refractivity contribution in [2.75, 3.05) is 11.9 Å². The first kappa shape index (κ1) is 15.3. The molecule has 1 aromatic heterocycles. The predicted octanol–water partition coefficient (Wildman–Crippen LogP) is 4.44. The monoisotopic (exact) mass is 285 g/mol. The highest BCUT2D eigenvalue weighted by molar-refractivity contribution is 5.41. The Labute approximate surface area is 126 Å². The van der Waals surface area contributed by atoms with Crippen molar-refractivity contribution in [1.29, 1.82) is 0 Å². The Kier molecular flexibility index (Phi) is 4.78. The van der Waals surface area contributed by atoms with Gasteiger partial charge in [0.2, 0.25) is 11.8 Å². The van der Waals surface area contributed by atoms with Crippen molar-refractivity contribution in [3.05, 3.63) is 41.1 Å². The van der Waals surface area contributed by atoms with E-state index in [9.17, 15) is 0 Å². The number of hydrogen-bond donors (Lipinski definition) is 1. The minimum atomic E-state index is 0.470. The van der Waals surface area contributed by atoms with E-state index >= 15 is 0 Å². The van der Waals surface area contributed by atoms with Crippen LogP contribution in [0.5, 0.6) is 11.6 Å². The molecule has 4 nitrogen and oxygen atoms in total. The van der Waals surface area contributed by atoms with Crippen LogP contribution in [-0.4, -0.2) is 16.5 Å². The van der Waals surface area contributed by atoms with Gasteiger partial charge in [-0.15, -0.1) is 0 Å². The first-order chi connectivity index (χ1) is 9.99. The molecule has 0 saturated carbocycles. The Morgan fingerprint density at radius 1 is 1.14 bits per heavy atom. The standard InChI is InChI=1S/C17H23N3O/c1-6-18-17-19-13(5)9-16(20-17)21-15-10-14(11(2)3)8-7-12(15)4/h7-11H,6H2,1-5H3,(H,18,19,20). The summed E-state index contributed by atoms with van der Waals surface area (Å²) in [4.78, 5) is 8.72. The molecule has 0 aliphatic carbocycles. The Morgan fingerprint density at radius 2 is 1.90 bits per heavy atom. The van der Waals surface area contributed by atoms with E-state index in [1.54, 1.807) is 0 Å². The summed E-state index contributed by atoms with van der Waals surface area (Å²) >= 11 is 0. The summed E-state index contributed by atoms with van der Waals surface area (Å²) in [6, 6.07) is 8.17. The summed E-state index contributed by atoms with van der Waals surface area (Å²) in [5.41, 5.74) is 3.24. The highest BCUT2D eigenvalue weighted by Gasteiger charge is 2.08. The van der Waals surface area contributed by atoms with Crippen molar-refractivity contribution in [1.82, 2.24) is 9.97 Å². The van der Waals surface area contributed by atoms with Crippen LogP contribution in [0.15, 0.2) is 24.3 Å². The largest absolute Gasteiger partial charge is 0.439 e. The third kappa shape index (κ3) is 3.94. The van der Waals surface area contributed by atoms with Crippen molar-refractivity contribution in [2.24, 2.45) is 0 Å². The number of benzene rings is 1. The van der Waals surface area contributed by atoms with Gasteiger partial charge in [0, 0.05) is 18.3 Å². The third-order valence-electron chi connectivity index (χ3n) is 3.26. The molecule has 0 radical (unpaired) electrons. The number of nitrogens with one attached hydrogen (secondary N) is 1. The Balaban J connectivity index is 2.31. The van der Waals surface area contributed by atoms with E-state index in [-0.39, 0.29) is 0 Å². The van der Waals surface area contributed by atoms with Gasteiger partial charge in [0.1, 0.15) is 5.75 Å². The summed E-state index contributed by atoms with van der Waals surface area (Å²) in [6.45, 7) is 11.1. The number of aryl methyl sites for hydroxylation is 2. The summed E-state index contributed by atoms with van der Waals surface area (Å²) in [5.74, 6) is 2.49. The molecule has 2 aromatic rings. The SMILES string of the molecule is CCNc1nc(C)cc(Oc2cc(C(C)C)ccc2C)n1. The fourth-order valence-electron chi connectivity index (χ4n) is 2.03. The maximum absolute atomic E-state index is 5.98. The molecule has 0 saturated heterocycles. The molecule has 4 heteroatoms. The molecular formula is C17H23N3O. The zero-order chi connectivity index (χ0) is 15.4. The number of ether oxygens (including phenoxy) is 1. The smallest absolute Gasteiger partial charge is 0.226 e. The van der Waals surface area contributed by atoms with Crippen molar-refractivity contribution < 1.29 is 4.74 Å². The average molecular weight is 285 g/mol. The molecule has 0 amide bonds. The van der Waals surface area contributed by atoms with Crippen molar-refractivity contribution in [3.8, 4) is 11.6 Å². The molecular weight excluding hydrogens is 262 g/mol. The minimum absolute atomic E-state index is 0.470. The molecule has 0 fully saturated rings. The van der Waals surface area contributed by atoms with Gasteiger partial charge in [-0.25, -0.2) is 4.98 Å². The van der Waals surface area contributed by atoms with Gasteiger partial charge in [0.25, 0.3) is 0 Å². The summed E-state index contributed by atoms with van der Waals surface area (Å²) in [7, 11) is 0. The zero-order valence-corrected chi connectivity index (χ0v) is 13.4. The van der Waals surface area contributed by atoms with Gasteiger partial charge in [-0.2, -0.15) is 4.98 Å². The normalized spacial score (nSPS) is 10.8. The minimum Gasteiger partial charge on any atom is -0.439 e. The lowest BCUT2D eigenvalue weighted by Gasteiger charge is -2.13. The summed E-state index contributed by atoms with van der Waals surface area (Å²) < 4.78 is 5.98. The summed E-state index contributed by atoms with van der Waals surface area (Å²) in [5, 5.41) is 3.12. The van der Waals surface area contributed by atoms with Crippen LogP contribution >= 0.6 is 0 Å². The molecule has 0 aliphatic heterocycles. The van der Waals surface area contributed by atoms with Crippen LogP contribution in [-0.2, 0) is 0 Å². The fraction of sp³-hybridized carbons (Fsp3) is 0.412. The van der Waals surface area contributed by atoms with Gasteiger partial charge in [-0.05, 0) is 43.9 Å². The molecule has 1 aromatic carbocycles. The quantitative estimate of drug-likeness (QED) is 0.882. The van der Waals surface area contributed by atoms with Gasteiger partial charge < -0.3 is 10.1 Å². The second kappa shape index (κ2) is 6.57. The number of anilines is 1. The van der Waals surface area contributed by atoms with E-state index in [0.717, 1.165) is 23.6 Å². The highest BCUT2D eigenvalue weighted by atomic mass is 16.5. The fourth-order valence-corrected chi connectivity index (χ4v) is 2.03. The second-order valence-corrected chi connectivity index (χ2v) is 5.48. The van der Waals surface area contributed by atoms with Crippen LogP contribution in [0, 0.1) is 13.8 Å². The first-order valence-corrected chi connectivity index (χ1v) is 7.37. The lowest BCUT2D eigenvalue weighted by atomic mass is 10.0. The molecule has 2 rings (SSSR count). The number of hydrogen-bond acceptors (Lipinski definition) is 4. The Bertz CT molecular complexity index is 623. The Hall–Kier alpha value is -2.10. The lowest BCUT2D eigenvalue weighted by molar-refractivity contribution is 0.457. The van der Waals surface area contributed by atoms with E-state index in [0.29, 0.717) is 17.7 Å². The van der Waals surface area contributed by atoms with Gasteiger partial charge in [-0.1, -0.05) is 26.0 Å². The van der Waals surface area contributed by atoms with Crippen molar-refractivity contribution >= 4 is 5.95 Å². The summed E-state index contributed by atoms with van der Waals surface area (Å²) in [6.07, 6.45) is 0. The maximum atomic E-state index is 5.98. The third-order valence-corrected chi connectivity index (χ3v) is 3.26. The average Bonchev–Trinajstić information content (AvgIpc) is 2.40. The van der Waals surface area contributed by atoms with Crippen molar-refractivity contribution in [2.45, 2.75) is 40.5 Å². The van der Waals surface area contributed by atoms with Crippen LogP contribution in [0.4, 0.5) is 5.95 Å². The van der Waals surface area contributed by atoms with E-state index in [2.05, 4.69) is 47.3 Å². The van der Waals surface area contributed by atoms with E-state index in [4.69, 9.17) is 4.74 Å². The maximum Gasteiger partial charge on any atom is 0.226 e. The lowest BCUT2D eigenvalue weighted by Crippen LogP contribution is -2.04. The molecule has 0 aliphatic rings. The van der Waals surface area contributed by atoms with Crippen LogP contribution in [0.2, 0.25) is 0 Å². The van der Waals surface area contributed by atoms with Crippen molar-refractivity contribution in [3.63, 3.8) is 0 Å².